The summed E-state index contributed by atoms with van der Waals surface area (Å²) in [4.78, 5) is 0.0874. The number of benzene rings is 1. The molecule has 0 unspecified atom stereocenters. The monoisotopic (exact) mass is 239 g/mol. The smallest absolute Gasteiger partial charge is 0.191 e. The first-order chi connectivity index (χ1) is 5.97. The number of nitrogens with two attached hydrogens (primary N) is 1. The lowest BCUT2D eigenvalue weighted by Gasteiger charge is -2.02. The fraction of sp³-hybridized carbons (Fsp3) is 0.143. The minimum absolute atomic E-state index is 0.0874. The lowest BCUT2D eigenvalue weighted by Crippen LogP contribution is -2.14. The maximum Gasteiger partial charge on any atom is 0.191 e. The van der Waals surface area contributed by atoms with Gasteiger partial charge in [-0.05, 0) is 18.2 Å². The molecule has 0 aliphatic rings. The highest BCUT2D eigenvalue weighted by Gasteiger charge is 2.12. The topological polar surface area (TPSA) is 60.2 Å². The average Bonchev–Trinajstić information content (AvgIpc) is 2.09. The molecular weight excluding hydrogens is 233 g/mol. The van der Waals surface area contributed by atoms with Gasteiger partial charge in [0.15, 0.2) is 9.84 Å². The van der Waals surface area contributed by atoms with Crippen molar-refractivity contribution < 1.29 is 8.42 Å². The molecule has 1 rings (SSSR count). The van der Waals surface area contributed by atoms with Gasteiger partial charge in [0.25, 0.3) is 0 Å². The normalized spacial score (nSPS) is 11.6. The lowest BCUT2D eigenvalue weighted by molar-refractivity contribution is 0.596. The first kappa shape index (κ1) is 10.8. The van der Waals surface area contributed by atoms with Crippen molar-refractivity contribution in [2.45, 2.75) is 4.90 Å². The van der Waals surface area contributed by atoms with E-state index >= 15 is 0 Å². The molecule has 0 aliphatic heterocycles. The Hall–Kier alpha value is -0.290. The molecule has 72 valence electrons. The highest BCUT2D eigenvalue weighted by molar-refractivity contribution is 7.91. The summed E-state index contributed by atoms with van der Waals surface area (Å²) in [6, 6.07) is 4.08. The molecule has 0 fully saturated rings. The van der Waals surface area contributed by atoms with E-state index in [9.17, 15) is 8.42 Å². The van der Waals surface area contributed by atoms with Crippen LogP contribution in [0.25, 0.3) is 0 Å². The van der Waals surface area contributed by atoms with E-state index in [1.807, 2.05) is 0 Å². The second-order valence-corrected chi connectivity index (χ2v) is 5.21. The molecule has 0 bridgehead atoms. The van der Waals surface area contributed by atoms with Gasteiger partial charge in [-0.15, -0.1) is 0 Å². The molecule has 0 spiro atoms. The summed E-state index contributed by atoms with van der Waals surface area (Å²) in [5.74, 6) is -0.440. The third kappa shape index (κ3) is 2.34. The third-order valence-electron chi connectivity index (χ3n) is 1.47. The molecule has 0 heterocycles. The Morgan fingerprint density at radius 3 is 2.31 bits per heavy atom. The molecule has 0 amide bonds. The number of halogens is 2. The summed E-state index contributed by atoms with van der Waals surface area (Å²) in [5.41, 5.74) is 5.06. The van der Waals surface area contributed by atoms with Crippen molar-refractivity contribution in [2.75, 3.05) is 5.88 Å². The fourth-order valence-corrected chi connectivity index (χ4v) is 1.89. The molecule has 0 atom stereocenters. The van der Waals surface area contributed by atoms with Crippen LogP contribution in [0.1, 0.15) is 0 Å². The standard InChI is InChI=1S/C7H7Cl2NO2S/c8-6-2-1-5(3-7(6)9)13(11,12)4-10/h1-3H,4,10H2. The fourth-order valence-electron chi connectivity index (χ4n) is 0.767. The minimum atomic E-state index is -3.40. The molecule has 1 aromatic carbocycles. The summed E-state index contributed by atoms with van der Waals surface area (Å²) in [6.45, 7) is 0. The van der Waals surface area contributed by atoms with Crippen molar-refractivity contribution in [1.29, 1.82) is 0 Å². The Kier molecular flexibility index (Phi) is 3.18. The molecule has 13 heavy (non-hydrogen) atoms. The second-order valence-electron chi connectivity index (χ2n) is 2.36. The zero-order valence-electron chi connectivity index (χ0n) is 6.50. The molecule has 3 nitrogen and oxygen atoms in total. The van der Waals surface area contributed by atoms with Crippen LogP contribution in [0.3, 0.4) is 0 Å². The van der Waals surface area contributed by atoms with Crippen LogP contribution in [0.5, 0.6) is 0 Å². The van der Waals surface area contributed by atoms with Crippen LogP contribution < -0.4 is 5.73 Å². The van der Waals surface area contributed by atoms with Crippen molar-refractivity contribution in [3.8, 4) is 0 Å². The van der Waals surface area contributed by atoms with E-state index in [1.165, 1.54) is 18.2 Å². The van der Waals surface area contributed by atoms with Crippen molar-refractivity contribution in [3.05, 3.63) is 28.2 Å². The van der Waals surface area contributed by atoms with E-state index < -0.39 is 15.7 Å². The molecule has 0 aromatic heterocycles. The van der Waals surface area contributed by atoms with Crippen molar-refractivity contribution in [1.82, 2.24) is 0 Å². The Morgan fingerprint density at radius 1 is 1.23 bits per heavy atom. The van der Waals surface area contributed by atoms with Crippen LogP contribution in [0.4, 0.5) is 0 Å². The molecule has 0 radical (unpaired) electrons. The van der Waals surface area contributed by atoms with Crippen LogP contribution >= 0.6 is 23.2 Å². The Balaban J connectivity index is 3.27. The maximum atomic E-state index is 11.2. The lowest BCUT2D eigenvalue weighted by atomic mass is 10.4. The van der Waals surface area contributed by atoms with E-state index in [-0.39, 0.29) is 9.92 Å². The second kappa shape index (κ2) is 3.84. The van der Waals surface area contributed by atoms with Gasteiger partial charge < -0.3 is 5.73 Å². The summed E-state index contributed by atoms with van der Waals surface area (Å²) in [7, 11) is -3.40. The van der Waals surface area contributed by atoms with E-state index in [2.05, 4.69) is 0 Å². The average molecular weight is 240 g/mol. The molecule has 0 saturated carbocycles. The highest BCUT2D eigenvalue weighted by Crippen LogP contribution is 2.24. The van der Waals surface area contributed by atoms with Crippen LogP contribution in [0, 0.1) is 0 Å². The molecule has 6 heteroatoms. The van der Waals surface area contributed by atoms with Gasteiger partial charge in [-0.2, -0.15) is 0 Å². The van der Waals surface area contributed by atoms with E-state index in [1.54, 1.807) is 0 Å². The first-order valence-electron chi connectivity index (χ1n) is 3.35. The zero-order chi connectivity index (χ0) is 10.1. The van der Waals surface area contributed by atoms with Crippen LogP contribution in [-0.4, -0.2) is 14.3 Å². The Morgan fingerprint density at radius 2 is 1.85 bits per heavy atom. The number of hydrogen-bond acceptors (Lipinski definition) is 3. The predicted octanol–water partition coefficient (Wildman–Crippen LogP) is 1.68. The van der Waals surface area contributed by atoms with Crippen molar-refractivity contribution in [2.24, 2.45) is 5.73 Å². The quantitative estimate of drug-likeness (QED) is 0.855. The molecule has 1 aromatic rings. The van der Waals surface area contributed by atoms with Crippen molar-refractivity contribution >= 4 is 33.0 Å². The molecule has 0 aliphatic carbocycles. The number of sulfone groups is 1. The Labute approximate surface area is 86.4 Å². The number of rotatable bonds is 2. The van der Waals surface area contributed by atoms with Gasteiger partial charge in [0.05, 0.1) is 14.9 Å². The largest absolute Gasteiger partial charge is 0.317 e. The molecule has 2 N–H and O–H groups in total. The van der Waals surface area contributed by atoms with Crippen LogP contribution in [-0.2, 0) is 9.84 Å². The third-order valence-corrected chi connectivity index (χ3v) is 3.62. The van der Waals surface area contributed by atoms with Gasteiger partial charge in [0.2, 0.25) is 0 Å². The van der Waals surface area contributed by atoms with Crippen LogP contribution in [0.2, 0.25) is 10.0 Å². The first-order valence-corrected chi connectivity index (χ1v) is 5.76. The van der Waals surface area contributed by atoms with Gasteiger partial charge in [0, 0.05) is 0 Å². The van der Waals surface area contributed by atoms with E-state index in [0.29, 0.717) is 5.02 Å². The van der Waals surface area contributed by atoms with E-state index in [4.69, 9.17) is 28.9 Å². The zero-order valence-corrected chi connectivity index (χ0v) is 8.83. The molecule has 0 saturated heterocycles. The Bertz CT molecular complexity index is 417. The summed E-state index contributed by atoms with van der Waals surface area (Å²) in [5, 5.41) is 0.522. The number of hydrogen-bond donors (Lipinski definition) is 1. The van der Waals surface area contributed by atoms with Gasteiger partial charge in [-0.1, -0.05) is 23.2 Å². The summed E-state index contributed by atoms with van der Waals surface area (Å²) < 4.78 is 22.5. The van der Waals surface area contributed by atoms with E-state index in [0.717, 1.165) is 0 Å². The van der Waals surface area contributed by atoms with Gasteiger partial charge >= 0.3 is 0 Å². The minimum Gasteiger partial charge on any atom is -0.317 e. The highest BCUT2D eigenvalue weighted by atomic mass is 35.5. The molecular formula is C7H7Cl2NO2S. The SMILES string of the molecule is NCS(=O)(=O)c1ccc(Cl)c(Cl)c1. The van der Waals surface area contributed by atoms with Gasteiger partial charge in [0.1, 0.15) is 5.88 Å². The van der Waals surface area contributed by atoms with Crippen molar-refractivity contribution in [3.63, 3.8) is 0 Å². The summed E-state index contributed by atoms with van der Waals surface area (Å²) in [6.07, 6.45) is 0. The van der Waals surface area contributed by atoms with Gasteiger partial charge in [-0.25, -0.2) is 8.42 Å². The summed E-state index contributed by atoms with van der Waals surface area (Å²) >= 11 is 11.3. The predicted molar refractivity (Wildman–Crippen MR) is 52.7 cm³/mol. The van der Waals surface area contributed by atoms with Crippen LogP contribution in [0.15, 0.2) is 23.1 Å². The van der Waals surface area contributed by atoms with Gasteiger partial charge in [-0.3, -0.25) is 0 Å². The maximum absolute atomic E-state index is 11.2.